The second-order valence-electron chi connectivity index (χ2n) is 6.62. The van der Waals surface area contributed by atoms with Gasteiger partial charge in [-0.2, -0.15) is 0 Å². The van der Waals surface area contributed by atoms with E-state index in [0.29, 0.717) is 22.3 Å². The third-order valence-electron chi connectivity index (χ3n) is 4.89. The van der Waals surface area contributed by atoms with Crippen LogP contribution in [0, 0.1) is 0 Å². The number of carbonyl (C=O) groups is 1. The number of halogens is 1. The van der Waals surface area contributed by atoms with Crippen molar-refractivity contribution in [1.29, 1.82) is 0 Å². The molecule has 0 saturated carbocycles. The minimum atomic E-state index is -0.337. The van der Waals surface area contributed by atoms with Gasteiger partial charge < -0.3 is 4.90 Å². The van der Waals surface area contributed by atoms with E-state index >= 15 is 0 Å². The lowest BCUT2D eigenvalue weighted by molar-refractivity contribution is -0.119. The first-order valence-corrected chi connectivity index (χ1v) is 9.23. The summed E-state index contributed by atoms with van der Waals surface area (Å²) in [6.07, 6.45) is 1.87. The Morgan fingerprint density at radius 3 is 2.70 bits per heavy atom. The summed E-state index contributed by atoms with van der Waals surface area (Å²) in [6, 6.07) is 12.2. The molecule has 1 amide bonds. The van der Waals surface area contributed by atoms with Crippen LogP contribution in [0.4, 0.5) is 5.69 Å². The standard InChI is InChI=1S/C20H18ClN3O3/c21-14-7-8-17-13(12-14)4-3-10-23(17)18(25)9-11-24-20(27)16-6-2-1-5-15(16)19(26)22-24/h1-2,5-8,12H,3-4,9-11H2,(H,22,26). The fraction of sp³-hybridized carbons (Fsp3) is 0.250. The third kappa shape index (κ3) is 3.28. The molecule has 0 fully saturated rings. The van der Waals surface area contributed by atoms with Gasteiger partial charge in [-0.15, -0.1) is 0 Å². The van der Waals surface area contributed by atoms with Crippen molar-refractivity contribution >= 4 is 34.0 Å². The first-order chi connectivity index (χ1) is 13.0. The van der Waals surface area contributed by atoms with E-state index in [1.165, 1.54) is 4.68 Å². The van der Waals surface area contributed by atoms with Crippen molar-refractivity contribution in [3.8, 4) is 0 Å². The van der Waals surface area contributed by atoms with Crippen LogP contribution in [-0.4, -0.2) is 22.2 Å². The fourth-order valence-corrected chi connectivity index (χ4v) is 3.77. The Labute approximate surface area is 160 Å². The number of carbonyl (C=O) groups excluding carboxylic acids is 1. The summed E-state index contributed by atoms with van der Waals surface area (Å²) in [5, 5.41) is 3.93. The zero-order chi connectivity index (χ0) is 19.0. The molecule has 1 N–H and O–H groups in total. The van der Waals surface area contributed by atoms with Crippen molar-refractivity contribution in [1.82, 2.24) is 9.78 Å². The Bertz CT molecular complexity index is 1150. The van der Waals surface area contributed by atoms with E-state index in [4.69, 9.17) is 11.6 Å². The van der Waals surface area contributed by atoms with Gasteiger partial charge in [0.15, 0.2) is 0 Å². The minimum Gasteiger partial charge on any atom is -0.312 e. The second kappa shape index (κ2) is 7.04. The number of amides is 1. The van der Waals surface area contributed by atoms with Crippen molar-refractivity contribution in [3.05, 3.63) is 73.8 Å². The Morgan fingerprint density at radius 2 is 1.89 bits per heavy atom. The van der Waals surface area contributed by atoms with E-state index in [0.717, 1.165) is 24.1 Å². The van der Waals surface area contributed by atoms with Gasteiger partial charge in [-0.25, -0.2) is 4.68 Å². The van der Waals surface area contributed by atoms with E-state index < -0.39 is 0 Å². The molecule has 1 aromatic heterocycles. The number of aryl methyl sites for hydroxylation is 2. The monoisotopic (exact) mass is 383 g/mol. The zero-order valence-electron chi connectivity index (χ0n) is 14.6. The normalized spacial score (nSPS) is 13.6. The lowest BCUT2D eigenvalue weighted by Crippen LogP contribution is -2.37. The summed E-state index contributed by atoms with van der Waals surface area (Å²) in [5.41, 5.74) is 1.29. The highest BCUT2D eigenvalue weighted by molar-refractivity contribution is 6.30. The molecule has 7 heteroatoms. The predicted octanol–water partition coefficient (Wildman–Crippen LogP) is 2.71. The first kappa shape index (κ1) is 17.5. The average molecular weight is 384 g/mol. The van der Waals surface area contributed by atoms with Crippen LogP contribution in [0.1, 0.15) is 18.4 Å². The fourth-order valence-electron chi connectivity index (χ4n) is 3.57. The van der Waals surface area contributed by atoms with Crippen LogP contribution < -0.4 is 16.0 Å². The van der Waals surface area contributed by atoms with Crippen molar-refractivity contribution in [2.45, 2.75) is 25.8 Å². The van der Waals surface area contributed by atoms with Crippen LogP contribution in [0.3, 0.4) is 0 Å². The maximum atomic E-state index is 12.8. The average Bonchev–Trinajstić information content (AvgIpc) is 2.68. The maximum absolute atomic E-state index is 12.8. The summed E-state index contributed by atoms with van der Waals surface area (Å²) in [5.74, 6) is -0.0841. The molecule has 6 nitrogen and oxygen atoms in total. The third-order valence-corrected chi connectivity index (χ3v) is 5.13. The van der Waals surface area contributed by atoms with Gasteiger partial charge in [-0.3, -0.25) is 19.5 Å². The molecule has 2 heterocycles. The van der Waals surface area contributed by atoms with Crippen LogP contribution in [0.25, 0.3) is 10.8 Å². The van der Waals surface area contributed by atoms with Crippen LogP contribution in [-0.2, 0) is 17.8 Å². The maximum Gasteiger partial charge on any atom is 0.273 e. The van der Waals surface area contributed by atoms with E-state index in [2.05, 4.69) is 5.10 Å². The van der Waals surface area contributed by atoms with Crippen molar-refractivity contribution in [2.75, 3.05) is 11.4 Å². The van der Waals surface area contributed by atoms with E-state index in [1.54, 1.807) is 35.2 Å². The Kier molecular flexibility index (Phi) is 4.58. The first-order valence-electron chi connectivity index (χ1n) is 8.85. The number of anilines is 1. The highest BCUT2D eigenvalue weighted by Crippen LogP contribution is 2.30. The molecule has 0 atom stereocenters. The minimum absolute atomic E-state index is 0.0841. The van der Waals surface area contributed by atoms with Crippen LogP contribution in [0.5, 0.6) is 0 Å². The molecule has 0 radical (unpaired) electrons. The molecule has 138 valence electrons. The van der Waals surface area contributed by atoms with Gasteiger partial charge in [-0.1, -0.05) is 23.7 Å². The summed E-state index contributed by atoms with van der Waals surface area (Å²) in [6.45, 7) is 0.758. The van der Waals surface area contributed by atoms with Gasteiger partial charge in [0.25, 0.3) is 11.1 Å². The Hall–Kier alpha value is -2.86. The number of hydrogen-bond donors (Lipinski definition) is 1. The largest absolute Gasteiger partial charge is 0.312 e. The Balaban J connectivity index is 1.58. The van der Waals surface area contributed by atoms with Gasteiger partial charge in [0.2, 0.25) is 5.91 Å². The van der Waals surface area contributed by atoms with Crippen molar-refractivity contribution in [2.24, 2.45) is 0 Å². The van der Waals surface area contributed by atoms with Crippen molar-refractivity contribution < 1.29 is 4.79 Å². The number of aromatic nitrogens is 2. The van der Waals surface area contributed by atoms with Crippen LogP contribution in [0.2, 0.25) is 5.02 Å². The molecule has 3 aromatic rings. The summed E-state index contributed by atoms with van der Waals surface area (Å²) in [4.78, 5) is 39.2. The molecule has 1 aliphatic rings. The Morgan fingerprint density at radius 1 is 1.11 bits per heavy atom. The lowest BCUT2D eigenvalue weighted by Gasteiger charge is -2.29. The second-order valence-corrected chi connectivity index (χ2v) is 7.05. The van der Waals surface area contributed by atoms with Gasteiger partial charge in [0, 0.05) is 23.7 Å². The number of rotatable bonds is 3. The topological polar surface area (TPSA) is 75.2 Å². The molecule has 0 aliphatic carbocycles. The molecule has 27 heavy (non-hydrogen) atoms. The van der Waals surface area contributed by atoms with Crippen molar-refractivity contribution in [3.63, 3.8) is 0 Å². The summed E-state index contributed by atoms with van der Waals surface area (Å²) < 4.78 is 1.22. The lowest BCUT2D eigenvalue weighted by atomic mass is 10.0. The highest BCUT2D eigenvalue weighted by atomic mass is 35.5. The van der Waals surface area contributed by atoms with E-state index in [1.807, 2.05) is 12.1 Å². The molecule has 0 unspecified atom stereocenters. The quantitative estimate of drug-likeness (QED) is 0.755. The molecule has 1 aliphatic heterocycles. The predicted molar refractivity (Wildman–Crippen MR) is 106 cm³/mol. The van der Waals surface area contributed by atoms with E-state index in [-0.39, 0.29) is 30.0 Å². The molecular weight excluding hydrogens is 366 g/mol. The van der Waals surface area contributed by atoms with Crippen LogP contribution in [0.15, 0.2) is 52.1 Å². The SMILES string of the molecule is O=C(CCn1[nH]c(=O)c2ccccc2c1=O)N1CCCc2cc(Cl)ccc21. The number of aromatic amines is 1. The number of hydrogen-bond acceptors (Lipinski definition) is 3. The molecule has 4 rings (SSSR count). The molecule has 0 spiro atoms. The van der Waals surface area contributed by atoms with Gasteiger partial charge in [0.05, 0.1) is 17.3 Å². The van der Waals surface area contributed by atoms with Gasteiger partial charge >= 0.3 is 0 Å². The summed E-state index contributed by atoms with van der Waals surface area (Å²) in [7, 11) is 0. The van der Waals surface area contributed by atoms with Crippen LogP contribution >= 0.6 is 11.6 Å². The summed E-state index contributed by atoms with van der Waals surface area (Å²) >= 11 is 6.05. The number of nitrogens with one attached hydrogen (secondary N) is 1. The molecule has 2 aromatic carbocycles. The smallest absolute Gasteiger partial charge is 0.273 e. The highest BCUT2D eigenvalue weighted by Gasteiger charge is 2.22. The van der Waals surface area contributed by atoms with E-state index in [9.17, 15) is 14.4 Å². The molecular formula is C20H18ClN3O3. The zero-order valence-corrected chi connectivity index (χ0v) is 15.3. The molecule has 0 bridgehead atoms. The number of benzene rings is 2. The number of nitrogens with zero attached hydrogens (tertiary/aromatic N) is 2. The number of H-pyrrole nitrogens is 1. The number of fused-ring (bicyclic) bond motifs is 2. The van der Waals surface area contributed by atoms with Gasteiger partial charge in [0.1, 0.15) is 0 Å². The molecule has 0 saturated heterocycles. The van der Waals surface area contributed by atoms with Gasteiger partial charge in [-0.05, 0) is 48.7 Å².